The van der Waals surface area contributed by atoms with E-state index in [1.807, 2.05) is 39.0 Å². The second-order valence-electron chi connectivity index (χ2n) is 6.13. The van der Waals surface area contributed by atoms with Crippen LogP contribution in [0, 0.1) is 6.92 Å². The molecule has 0 saturated heterocycles. The highest BCUT2D eigenvalue weighted by molar-refractivity contribution is 5.88. The van der Waals surface area contributed by atoms with Crippen LogP contribution in [0.1, 0.15) is 41.3 Å². The number of carboxylic acids is 1. The van der Waals surface area contributed by atoms with Crippen molar-refractivity contribution in [1.82, 2.24) is 0 Å². The van der Waals surface area contributed by atoms with Crippen LogP contribution in [-0.2, 0) is 4.79 Å². The number of hydrogen-bond acceptors (Lipinski definition) is 5. The van der Waals surface area contributed by atoms with Gasteiger partial charge in [0.15, 0.2) is 18.1 Å². The normalized spacial score (nSPS) is 10.5. The Bertz CT molecular complexity index is 810. The molecular weight excluding hydrogens is 336 g/mol. The summed E-state index contributed by atoms with van der Waals surface area (Å²) in [6.07, 6.45) is 0. The first-order chi connectivity index (χ1) is 12.3. The van der Waals surface area contributed by atoms with E-state index in [2.05, 4.69) is 0 Å². The number of methoxy groups -OCH3 is 1. The molecule has 0 aliphatic carbocycles. The van der Waals surface area contributed by atoms with Crippen molar-refractivity contribution in [2.75, 3.05) is 13.7 Å². The minimum absolute atomic E-state index is 0.0410. The molecule has 2 rings (SSSR count). The lowest BCUT2D eigenvalue weighted by atomic mass is 10.0. The third kappa shape index (κ3) is 4.75. The van der Waals surface area contributed by atoms with Crippen molar-refractivity contribution >= 4 is 11.9 Å². The maximum Gasteiger partial charge on any atom is 0.349 e. The van der Waals surface area contributed by atoms with Crippen LogP contribution in [0.15, 0.2) is 36.4 Å². The van der Waals surface area contributed by atoms with Crippen molar-refractivity contribution in [3.63, 3.8) is 0 Å². The lowest BCUT2D eigenvalue weighted by Crippen LogP contribution is -2.18. The van der Waals surface area contributed by atoms with Crippen molar-refractivity contribution in [3.8, 4) is 17.2 Å². The van der Waals surface area contributed by atoms with E-state index < -0.39 is 11.9 Å². The maximum absolute atomic E-state index is 12.1. The molecule has 0 heterocycles. The van der Waals surface area contributed by atoms with E-state index in [1.165, 1.54) is 25.3 Å². The van der Waals surface area contributed by atoms with E-state index in [0.29, 0.717) is 5.75 Å². The van der Waals surface area contributed by atoms with Gasteiger partial charge in [-0.05, 0) is 48.2 Å². The number of carboxylic acid groups (broad SMARTS) is 1. The topological polar surface area (TPSA) is 82.1 Å². The van der Waals surface area contributed by atoms with Crippen LogP contribution >= 0.6 is 0 Å². The summed E-state index contributed by atoms with van der Waals surface area (Å²) in [7, 11) is 1.37. The Balaban J connectivity index is 2.08. The summed E-state index contributed by atoms with van der Waals surface area (Å²) in [6.45, 7) is 5.77. The van der Waals surface area contributed by atoms with Crippen LogP contribution in [-0.4, -0.2) is 30.8 Å². The van der Waals surface area contributed by atoms with Gasteiger partial charge >= 0.3 is 11.9 Å². The minimum atomic E-state index is -1.09. The Kier molecular flexibility index (Phi) is 6.22. The summed E-state index contributed by atoms with van der Waals surface area (Å²) in [5.74, 6) is -0.501. The molecule has 0 aromatic heterocycles. The first kappa shape index (κ1) is 19.3. The Hall–Kier alpha value is -3.02. The van der Waals surface area contributed by atoms with Crippen LogP contribution < -0.4 is 14.2 Å². The standard InChI is InChI=1S/C20H22O6/c1-12(2)15-7-5-13(3)9-17(15)25-11-19(21)26-16-8-6-14(20(22)23)10-18(16)24-4/h5-10,12H,11H2,1-4H3,(H,22,23). The summed E-state index contributed by atoms with van der Waals surface area (Å²) >= 11 is 0. The molecule has 138 valence electrons. The molecule has 2 aromatic carbocycles. The first-order valence-corrected chi connectivity index (χ1v) is 8.17. The van der Waals surface area contributed by atoms with E-state index >= 15 is 0 Å². The Labute approximate surface area is 152 Å². The molecule has 2 aromatic rings. The molecule has 0 atom stereocenters. The molecule has 0 radical (unpaired) electrons. The zero-order valence-corrected chi connectivity index (χ0v) is 15.2. The Morgan fingerprint density at radius 1 is 1.04 bits per heavy atom. The molecule has 0 spiro atoms. The Morgan fingerprint density at radius 3 is 2.38 bits per heavy atom. The summed E-state index contributed by atoms with van der Waals surface area (Å²) in [6, 6.07) is 9.87. The largest absolute Gasteiger partial charge is 0.493 e. The number of carbonyl (C=O) groups excluding carboxylic acids is 1. The molecule has 1 N–H and O–H groups in total. The van der Waals surface area contributed by atoms with Crippen LogP contribution in [0.3, 0.4) is 0 Å². The average molecular weight is 358 g/mol. The summed E-state index contributed by atoms with van der Waals surface area (Å²) < 4.78 is 16.0. The molecule has 0 bridgehead atoms. The van der Waals surface area contributed by atoms with Crippen molar-refractivity contribution in [2.24, 2.45) is 0 Å². The van der Waals surface area contributed by atoms with E-state index in [-0.39, 0.29) is 29.6 Å². The number of esters is 1. The second-order valence-corrected chi connectivity index (χ2v) is 6.13. The summed E-state index contributed by atoms with van der Waals surface area (Å²) in [4.78, 5) is 23.1. The van der Waals surface area contributed by atoms with Gasteiger partial charge in [0.25, 0.3) is 0 Å². The number of aryl methyl sites for hydroxylation is 1. The maximum atomic E-state index is 12.1. The predicted molar refractivity (Wildman–Crippen MR) is 96.4 cm³/mol. The fourth-order valence-electron chi connectivity index (χ4n) is 2.42. The fourth-order valence-corrected chi connectivity index (χ4v) is 2.42. The number of ether oxygens (including phenoxy) is 3. The highest BCUT2D eigenvalue weighted by Crippen LogP contribution is 2.29. The molecule has 0 fully saturated rings. The molecule has 26 heavy (non-hydrogen) atoms. The third-order valence-electron chi connectivity index (χ3n) is 3.77. The van der Waals surface area contributed by atoms with Gasteiger partial charge in [-0.25, -0.2) is 9.59 Å². The predicted octanol–water partition coefficient (Wildman–Crippen LogP) is 3.81. The van der Waals surface area contributed by atoms with E-state index in [0.717, 1.165) is 11.1 Å². The Morgan fingerprint density at radius 2 is 1.77 bits per heavy atom. The number of carbonyl (C=O) groups is 2. The smallest absolute Gasteiger partial charge is 0.349 e. The van der Waals surface area contributed by atoms with Crippen molar-refractivity contribution in [2.45, 2.75) is 26.7 Å². The van der Waals surface area contributed by atoms with Gasteiger partial charge in [-0.2, -0.15) is 0 Å². The van der Waals surface area contributed by atoms with Gasteiger partial charge < -0.3 is 19.3 Å². The number of hydrogen-bond donors (Lipinski definition) is 1. The number of benzene rings is 2. The van der Waals surface area contributed by atoms with Crippen LogP contribution in [0.25, 0.3) is 0 Å². The quantitative estimate of drug-likeness (QED) is 0.599. The van der Waals surface area contributed by atoms with E-state index in [1.54, 1.807) is 0 Å². The number of rotatable bonds is 7. The molecule has 0 aliphatic rings. The lowest BCUT2D eigenvalue weighted by Gasteiger charge is -2.15. The van der Waals surface area contributed by atoms with Gasteiger partial charge in [0.05, 0.1) is 12.7 Å². The fraction of sp³-hybridized carbons (Fsp3) is 0.300. The zero-order chi connectivity index (χ0) is 19.3. The highest BCUT2D eigenvalue weighted by atomic mass is 16.6. The van der Waals surface area contributed by atoms with Gasteiger partial charge in [0, 0.05) is 0 Å². The monoisotopic (exact) mass is 358 g/mol. The van der Waals surface area contributed by atoms with Gasteiger partial charge in [-0.15, -0.1) is 0 Å². The minimum Gasteiger partial charge on any atom is -0.493 e. The molecule has 0 amide bonds. The molecule has 6 heteroatoms. The van der Waals surface area contributed by atoms with Gasteiger partial charge in [-0.3, -0.25) is 0 Å². The molecule has 0 saturated carbocycles. The van der Waals surface area contributed by atoms with Gasteiger partial charge in [-0.1, -0.05) is 26.0 Å². The molecule has 0 aliphatic heterocycles. The average Bonchev–Trinajstić information content (AvgIpc) is 2.59. The van der Waals surface area contributed by atoms with Crippen molar-refractivity contribution < 1.29 is 28.9 Å². The lowest BCUT2D eigenvalue weighted by molar-refractivity contribution is -0.136. The van der Waals surface area contributed by atoms with Gasteiger partial charge in [0.2, 0.25) is 0 Å². The third-order valence-corrected chi connectivity index (χ3v) is 3.77. The van der Waals surface area contributed by atoms with E-state index in [4.69, 9.17) is 19.3 Å². The molecular formula is C20H22O6. The van der Waals surface area contributed by atoms with Crippen LogP contribution in [0.2, 0.25) is 0 Å². The van der Waals surface area contributed by atoms with Gasteiger partial charge in [0.1, 0.15) is 5.75 Å². The zero-order valence-electron chi connectivity index (χ0n) is 15.2. The highest BCUT2D eigenvalue weighted by Gasteiger charge is 2.15. The number of aromatic carboxylic acids is 1. The summed E-state index contributed by atoms with van der Waals surface area (Å²) in [5.41, 5.74) is 2.08. The van der Waals surface area contributed by atoms with Crippen LogP contribution in [0.5, 0.6) is 17.2 Å². The molecule has 0 unspecified atom stereocenters. The van der Waals surface area contributed by atoms with E-state index in [9.17, 15) is 9.59 Å². The summed E-state index contributed by atoms with van der Waals surface area (Å²) in [5, 5.41) is 9.00. The first-order valence-electron chi connectivity index (χ1n) is 8.17. The second kappa shape index (κ2) is 8.38. The van der Waals surface area contributed by atoms with Crippen molar-refractivity contribution in [1.29, 1.82) is 0 Å². The van der Waals surface area contributed by atoms with Crippen LogP contribution in [0.4, 0.5) is 0 Å². The SMILES string of the molecule is COc1cc(C(=O)O)ccc1OC(=O)COc1cc(C)ccc1C(C)C. The van der Waals surface area contributed by atoms with Crippen molar-refractivity contribution in [3.05, 3.63) is 53.1 Å². The molecule has 6 nitrogen and oxygen atoms in total.